The molecule has 0 spiro atoms. The standard InChI is InChI=1S/C13H15N3O3/c1-9-3-4-10(19-9)5-6-12(17)16-11-7-13(18-2)15-8-14-11/h3-4,7-8H,5-6H2,1-2H3,(H,14,15,16,17). The predicted octanol–water partition coefficient (Wildman–Crippen LogP) is 1.96. The third-order valence-corrected chi connectivity index (χ3v) is 2.51. The summed E-state index contributed by atoms with van der Waals surface area (Å²) in [5.74, 6) is 2.35. The number of hydrogen-bond donors (Lipinski definition) is 1. The molecule has 2 heterocycles. The van der Waals surface area contributed by atoms with E-state index in [4.69, 9.17) is 9.15 Å². The molecule has 0 unspecified atom stereocenters. The molecule has 0 bridgehead atoms. The maximum atomic E-state index is 11.7. The number of aromatic nitrogens is 2. The topological polar surface area (TPSA) is 77.2 Å². The second-order valence-corrected chi connectivity index (χ2v) is 4.01. The Labute approximate surface area is 110 Å². The molecule has 2 aromatic rings. The monoisotopic (exact) mass is 261 g/mol. The molecule has 1 amide bonds. The number of nitrogens with zero attached hydrogens (tertiary/aromatic N) is 2. The van der Waals surface area contributed by atoms with Crippen LogP contribution in [0.1, 0.15) is 17.9 Å². The second-order valence-electron chi connectivity index (χ2n) is 4.01. The van der Waals surface area contributed by atoms with Gasteiger partial charge in [0.25, 0.3) is 0 Å². The van der Waals surface area contributed by atoms with E-state index in [1.54, 1.807) is 6.07 Å². The molecule has 0 aliphatic carbocycles. The number of aryl methyl sites for hydroxylation is 2. The van der Waals surface area contributed by atoms with Gasteiger partial charge in [0.15, 0.2) is 0 Å². The van der Waals surface area contributed by atoms with Crippen LogP contribution in [0, 0.1) is 6.92 Å². The summed E-state index contributed by atoms with van der Waals surface area (Å²) in [6, 6.07) is 5.31. The first-order chi connectivity index (χ1) is 9.17. The fourth-order valence-corrected chi connectivity index (χ4v) is 1.58. The highest BCUT2D eigenvalue weighted by Gasteiger charge is 2.07. The van der Waals surface area contributed by atoms with E-state index in [2.05, 4.69) is 15.3 Å². The summed E-state index contributed by atoms with van der Waals surface area (Å²) < 4.78 is 10.3. The van der Waals surface area contributed by atoms with Crippen molar-refractivity contribution in [2.24, 2.45) is 0 Å². The number of carbonyl (C=O) groups excluding carboxylic acids is 1. The number of anilines is 1. The zero-order valence-electron chi connectivity index (χ0n) is 10.8. The molecule has 1 N–H and O–H groups in total. The number of rotatable bonds is 5. The summed E-state index contributed by atoms with van der Waals surface area (Å²) in [4.78, 5) is 19.5. The van der Waals surface area contributed by atoms with Crippen molar-refractivity contribution in [1.29, 1.82) is 0 Å². The van der Waals surface area contributed by atoms with Gasteiger partial charge in [-0.25, -0.2) is 9.97 Å². The van der Waals surface area contributed by atoms with Crippen molar-refractivity contribution in [3.05, 3.63) is 36.0 Å². The van der Waals surface area contributed by atoms with E-state index < -0.39 is 0 Å². The molecule has 0 saturated heterocycles. The molecule has 0 atom stereocenters. The fourth-order valence-electron chi connectivity index (χ4n) is 1.58. The molecule has 0 radical (unpaired) electrons. The van der Waals surface area contributed by atoms with Gasteiger partial charge in [0, 0.05) is 18.9 Å². The van der Waals surface area contributed by atoms with Crippen LogP contribution in [0.4, 0.5) is 5.82 Å². The van der Waals surface area contributed by atoms with E-state index in [0.717, 1.165) is 11.5 Å². The molecule has 6 heteroatoms. The molecule has 2 rings (SSSR count). The summed E-state index contributed by atoms with van der Waals surface area (Å²) >= 11 is 0. The average molecular weight is 261 g/mol. The zero-order chi connectivity index (χ0) is 13.7. The van der Waals surface area contributed by atoms with Gasteiger partial charge in [0.2, 0.25) is 11.8 Å². The summed E-state index contributed by atoms with van der Waals surface area (Å²) in [5.41, 5.74) is 0. The van der Waals surface area contributed by atoms with E-state index in [1.807, 2.05) is 19.1 Å². The van der Waals surface area contributed by atoms with Crippen LogP contribution in [0.2, 0.25) is 0 Å². The van der Waals surface area contributed by atoms with Gasteiger partial charge in [-0.2, -0.15) is 0 Å². The second kappa shape index (κ2) is 5.99. The lowest BCUT2D eigenvalue weighted by Gasteiger charge is -2.04. The Morgan fingerprint density at radius 1 is 1.42 bits per heavy atom. The Morgan fingerprint density at radius 2 is 2.26 bits per heavy atom. The minimum Gasteiger partial charge on any atom is -0.481 e. The van der Waals surface area contributed by atoms with Gasteiger partial charge < -0.3 is 14.5 Å². The highest BCUT2D eigenvalue weighted by Crippen LogP contribution is 2.12. The number of furan rings is 1. The lowest BCUT2D eigenvalue weighted by atomic mass is 10.2. The minimum absolute atomic E-state index is 0.130. The third-order valence-electron chi connectivity index (χ3n) is 2.51. The van der Waals surface area contributed by atoms with Crippen LogP contribution in [0.5, 0.6) is 5.88 Å². The fraction of sp³-hybridized carbons (Fsp3) is 0.308. The SMILES string of the molecule is COc1cc(NC(=O)CCc2ccc(C)o2)ncn1. The van der Waals surface area contributed by atoms with Crippen LogP contribution < -0.4 is 10.1 Å². The van der Waals surface area contributed by atoms with Crippen molar-refractivity contribution in [3.63, 3.8) is 0 Å². The van der Waals surface area contributed by atoms with Gasteiger partial charge in [0.05, 0.1) is 7.11 Å². The van der Waals surface area contributed by atoms with Gasteiger partial charge >= 0.3 is 0 Å². The molecule has 0 aromatic carbocycles. The average Bonchev–Trinajstić information content (AvgIpc) is 2.82. The van der Waals surface area contributed by atoms with Crippen LogP contribution in [0.15, 0.2) is 28.9 Å². The highest BCUT2D eigenvalue weighted by atomic mass is 16.5. The van der Waals surface area contributed by atoms with Gasteiger partial charge in [0.1, 0.15) is 23.7 Å². The first-order valence-corrected chi connectivity index (χ1v) is 5.88. The zero-order valence-corrected chi connectivity index (χ0v) is 10.8. The molecular formula is C13H15N3O3. The van der Waals surface area contributed by atoms with E-state index in [-0.39, 0.29) is 5.91 Å². The van der Waals surface area contributed by atoms with Gasteiger partial charge in [-0.05, 0) is 19.1 Å². The van der Waals surface area contributed by atoms with Crippen molar-refractivity contribution in [3.8, 4) is 5.88 Å². The van der Waals surface area contributed by atoms with Crippen LogP contribution in [-0.2, 0) is 11.2 Å². The smallest absolute Gasteiger partial charge is 0.225 e. The molecule has 2 aromatic heterocycles. The highest BCUT2D eigenvalue weighted by molar-refractivity contribution is 5.89. The minimum atomic E-state index is -0.130. The lowest BCUT2D eigenvalue weighted by Crippen LogP contribution is -2.13. The van der Waals surface area contributed by atoms with Crippen LogP contribution >= 0.6 is 0 Å². The molecule has 19 heavy (non-hydrogen) atoms. The molecule has 100 valence electrons. The molecular weight excluding hydrogens is 246 g/mol. The van der Waals surface area contributed by atoms with Crippen molar-refractivity contribution < 1.29 is 13.9 Å². The summed E-state index contributed by atoms with van der Waals surface area (Å²) in [6.07, 6.45) is 2.23. The Kier molecular flexibility index (Phi) is 4.12. The summed E-state index contributed by atoms with van der Waals surface area (Å²) in [5, 5.41) is 2.68. The van der Waals surface area contributed by atoms with Gasteiger partial charge in [-0.15, -0.1) is 0 Å². The van der Waals surface area contributed by atoms with Crippen LogP contribution in [0.25, 0.3) is 0 Å². The van der Waals surface area contributed by atoms with Gasteiger partial charge in [-0.3, -0.25) is 4.79 Å². The summed E-state index contributed by atoms with van der Waals surface area (Å²) in [6.45, 7) is 1.87. The summed E-state index contributed by atoms with van der Waals surface area (Å²) in [7, 11) is 1.51. The quantitative estimate of drug-likeness (QED) is 0.890. The maximum Gasteiger partial charge on any atom is 0.225 e. The van der Waals surface area contributed by atoms with Crippen molar-refractivity contribution in [2.45, 2.75) is 19.8 Å². The third kappa shape index (κ3) is 3.80. The lowest BCUT2D eigenvalue weighted by molar-refractivity contribution is -0.116. The molecule has 0 aliphatic heterocycles. The van der Waals surface area contributed by atoms with E-state index in [0.29, 0.717) is 24.5 Å². The number of amides is 1. The number of methoxy groups -OCH3 is 1. The Bertz CT molecular complexity index is 566. The first-order valence-electron chi connectivity index (χ1n) is 5.88. The number of carbonyl (C=O) groups is 1. The van der Waals surface area contributed by atoms with Crippen molar-refractivity contribution in [2.75, 3.05) is 12.4 Å². The van der Waals surface area contributed by atoms with Crippen LogP contribution in [-0.4, -0.2) is 23.0 Å². The number of ether oxygens (including phenoxy) is 1. The first kappa shape index (κ1) is 13.1. The van der Waals surface area contributed by atoms with Crippen molar-refractivity contribution in [1.82, 2.24) is 9.97 Å². The Morgan fingerprint density at radius 3 is 2.95 bits per heavy atom. The van der Waals surface area contributed by atoms with E-state index in [9.17, 15) is 4.79 Å². The normalized spacial score (nSPS) is 10.2. The van der Waals surface area contributed by atoms with Crippen molar-refractivity contribution >= 4 is 11.7 Å². The maximum absolute atomic E-state index is 11.7. The van der Waals surface area contributed by atoms with Gasteiger partial charge in [-0.1, -0.05) is 0 Å². The molecule has 0 saturated carbocycles. The Hall–Kier alpha value is -2.37. The predicted molar refractivity (Wildman–Crippen MR) is 69.0 cm³/mol. The largest absolute Gasteiger partial charge is 0.481 e. The van der Waals surface area contributed by atoms with Crippen LogP contribution in [0.3, 0.4) is 0 Å². The van der Waals surface area contributed by atoms with E-state index >= 15 is 0 Å². The molecule has 6 nitrogen and oxygen atoms in total. The Balaban J connectivity index is 1.86. The number of hydrogen-bond acceptors (Lipinski definition) is 5. The molecule has 0 aliphatic rings. The number of nitrogens with one attached hydrogen (secondary N) is 1. The molecule has 0 fully saturated rings. The van der Waals surface area contributed by atoms with E-state index in [1.165, 1.54) is 13.4 Å².